The molecule has 0 aliphatic heterocycles. The third-order valence-electron chi connectivity index (χ3n) is 2.92. The first-order chi connectivity index (χ1) is 10.1. The average molecular weight is 315 g/mol. The fourth-order valence-corrected chi connectivity index (χ4v) is 2.97. The van der Waals surface area contributed by atoms with Crippen LogP contribution in [0.1, 0.15) is 18.1 Å². The van der Waals surface area contributed by atoms with Crippen molar-refractivity contribution in [1.29, 1.82) is 0 Å². The number of hydrogen-bond acceptors (Lipinski definition) is 3. The fourth-order valence-electron chi connectivity index (χ4n) is 1.98. The van der Waals surface area contributed by atoms with Crippen molar-refractivity contribution in [3.8, 4) is 0 Å². The highest BCUT2D eigenvalue weighted by molar-refractivity contribution is 8.32. The van der Waals surface area contributed by atoms with E-state index in [9.17, 15) is 4.79 Å². The summed E-state index contributed by atoms with van der Waals surface area (Å²) in [5.74, 6) is 0. The summed E-state index contributed by atoms with van der Waals surface area (Å²) < 4.78 is 0.621. The molecular weight excluding hydrogens is 298 g/mol. The Bertz CT molecular complexity index is 557. The molecule has 0 saturated heterocycles. The molecule has 0 aliphatic carbocycles. The molecule has 4 heteroatoms. The van der Waals surface area contributed by atoms with Gasteiger partial charge < -0.3 is 4.90 Å². The molecule has 0 spiro atoms. The van der Waals surface area contributed by atoms with Crippen molar-refractivity contribution in [2.75, 3.05) is 0 Å². The van der Waals surface area contributed by atoms with Crippen LogP contribution >= 0.6 is 24.0 Å². The third-order valence-corrected chi connectivity index (χ3v) is 4.15. The van der Waals surface area contributed by atoms with Gasteiger partial charge in [-0.1, -0.05) is 72.9 Å². The Hall–Kier alpha value is -1.65. The highest BCUT2D eigenvalue weighted by Gasteiger charge is 2.13. The van der Waals surface area contributed by atoms with Gasteiger partial charge in [-0.3, -0.25) is 4.79 Å². The highest BCUT2D eigenvalue weighted by Crippen LogP contribution is 2.17. The maximum atomic E-state index is 11.3. The zero-order chi connectivity index (χ0) is 15.1. The van der Waals surface area contributed by atoms with E-state index in [1.807, 2.05) is 36.4 Å². The number of carbonyl (C=O) groups excluding carboxylic acids is 1. The molecular formula is C17H17NOS2. The van der Waals surface area contributed by atoms with E-state index in [-0.39, 0.29) is 5.12 Å². The van der Waals surface area contributed by atoms with E-state index < -0.39 is 0 Å². The number of thiocarbonyl (C=S) groups is 1. The molecule has 0 heterocycles. The number of thioether (sulfide) groups is 1. The SMILES string of the molecule is CC(=O)SC(=S)N(Cc1ccccc1)Cc1ccccc1. The summed E-state index contributed by atoms with van der Waals surface area (Å²) >= 11 is 6.54. The molecule has 2 aromatic rings. The first-order valence-corrected chi connectivity index (χ1v) is 7.93. The molecule has 0 fully saturated rings. The monoisotopic (exact) mass is 315 g/mol. The van der Waals surface area contributed by atoms with Crippen molar-refractivity contribution in [1.82, 2.24) is 4.90 Å². The minimum absolute atomic E-state index is 0.0196. The first kappa shape index (κ1) is 15.7. The van der Waals surface area contributed by atoms with Crippen molar-refractivity contribution in [3.05, 3.63) is 71.8 Å². The molecule has 21 heavy (non-hydrogen) atoms. The summed E-state index contributed by atoms with van der Waals surface area (Å²) in [5.41, 5.74) is 2.36. The molecule has 2 aromatic carbocycles. The second-order valence-corrected chi connectivity index (χ2v) is 6.50. The van der Waals surface area contributed by atoms with Crippen molar-refractivity contribution in [3.63, 3.8) is 0 Å². The van der Waals surface area contributed by atoms with Crippen LogP contribution in [0.15, 0.2) is 60.7 Å². The fraction of sp³-hybridized carbons (Fsp3) is 0.176. The minimum Gasteiger partial charge on any atom is -0.349 e. The van der Waals surface area contributed by atoms with Gasteiger partial charge in [-0.2, -0.15) is 0 Å². The van der Waals surface area contributed by atoms with Crippen LogP contribution in [0.2, 0.25) is 0 Å². The van der Waals surface area contributed by atoms with E-state index in [1.165, 1.54) is 11.1 Å². The van der Waals surface area contributed by atoms with Gasteiger partial charge in [0.1, 0.15) is 4.32 Å². The molecule has 0 radical (unpaired) electrons. The Morgan fingerprint density at radius 2 is 1.38 bits per heavy atom. The number of carbonyl (C=O) groups is 1. The van der Waals surface area contributed by atoms with Crippen molar-refractivity contribution >= 4 is 33.4 Å². The first-order valence-electron chi connectivity index (χ1n) is 6.70. The Morgan fingerprint density at radius 3 is 1.76 bits per heavy atom. The maximum Gasteiger partial charge on any atom is 0.192 e. The van der Waals surface area contributed by atoms with E-state index >= 15 is 0 Å². The van der Waals surface area contributed by atoms with Crippen molar-refractivity contribution < 1.29 is 4.79 Å². The zero-order valence-electron chi connectivity index (χ0n) is 11.9. The van der Waals surface area contributed by atoms with Crippen LogP contribution in [-0.4, -0.2) is 14.3 Å². The molecule has 0 aromatic heterocycles. The Morgan fingerprint density at radius 1 is 0.952 bits per heavy atom. The van der Waals surface area contributed by atoms with Gasteiger partial charge in [-0.05, 0) is 22.9 Å². The normalized spacial score (nSPS) is 10.1. The van der Waals surface area contributed by atoms with Gasteiger partial charge >= 0.3 is 0 Å². The number of nitrogens with zero attached hydrogens (tertiary/aromatic N) is 1. The third kappa shape index (κ3) is 5.33. The zero-order valence-corrected chi connectivity index (χ0v) is 13.5. The molecule has 0 N–H and O–H groups in total. The van der Waals surface area contributed by atoms with Gasteiger partial charge in [0, 0.05) is 20.0 Å². The molecule has 0 amide bonds. The molecule has 2 nitrogen and oxygen atoms in total. The van der Waals surface area contributed by atoms with Crippen LogP contribution in [0.5, 0.6) is 0 Å². The van der Waals surface area contributed by atoms with Crippen LogP contribution in [0.4, 0.5) is 0 Å². The van der Waals surface area contributed by atoms with Crippen LogP contribution < -0.4 is 0 Å². The van der Waals surface area contributed by atoms with E-state index in [0.717, 1.165) is 11.8 Å². The second kappa shape index (κ2) is 7.96. The summed E-state index contributed by atoms with van der Waals surface area (Å²) in [6.45, 7) is 2.95. The minimum atomic E-state index is 0.0196. The second-order valence-electron chi connectivity index (χ2n) is 4.69. The predicted molar refractivity (Wildman–Crippen MR) is 93.0 cm³/mol. The van der Waals surface area contributed by atoms with Gasteiger partial charge in [0.05, 0.1) is 0 Å². The van der Waals surface area contributed by atoms with Gasteiger partial charge in [0.2, 0.25) is 0 Å². The molecule has 0 atom stereocenters. The molecule has 0 unspecified atom stereocenters. The van der Waals surface area contributed by atoms with Gasteiger partial charge in [-0.25, -0.2) is 0 Å². The summed E-state index contributed by atoms with van der Waals surface area (Å²) in [4.78, 5) is 13.4. The molecule has 0 aliphatic rings. The summed E-state index contributed by atoms with van der Waals surface area (Å²) in [6, 6.07) is 20.3. The summed E-state index contributed by atoms with van der Waals surface area (Å²) in [7, 11) is 0. The Kier molecular flexibility index (Phi) is 5.96. The number of hydrogen-bond donors (Lipinski definition) is 0. The van der Waals surface area contributed by atoms with Crippen molar-refractivity contribution in [2.45, 2.75) is 20.0 Å². The van der Waals surface area contributed by atoms with Gasteiger partial charge in [0.15, 0.2) is 5.12 Å². The Balaban J connectivity index is 2.13. The lowest BCUT2D eigenvalue weighted by Gasteiger charge is -2.24. The van der Waals surface area contributed by atoms with Gasteiger partial charge in [0.25, 0.3) is 0 Å². The standard InChI is InChI=1S/C17H17NOS2/c1-14(19)21-17(20)18(12-15-8-4-2-5-9-15)13-16-10-6-3-7-11-16/h2-11H,12-13H2,1H3. The van der Waals surface area contributed by atoms with E-state index in [1.54, 1.807) is 6.92 Å². The van der Waals surface area contributed by atoms with E-state index in [2.05, 4.69) is 29.2 Å². The number of rotatable bonds is 4. The van der Waals surface area contributed by atoms with E-state index in [0.29, 0.717) is 17.4 Å². The maximum absolute atomic E-state index is 11.3. The lowest BCUT2D eigenvalue weighted by Crippen LogP contribution is -2.27. The van der Waals surface area contributed by atoms with Crippen molar-refractivity contribution in [2.24, 2.45) is 0 Å². The quantitative estimate of drug-likeness (QED) is 0.786. The largest absolute Gasteiger partial charge is 0.349 e. The highest BCUT2D eigenvalue weighted by atomic mass is 32.2. The lowest BCUT2D eigenvalue weighted by molar-refractivity contribution is -0.109. The summed E-state index contributed by atoms with van der Waals surface area (Å²) in [5, 5.41) is 0.0196. The van der Waals surface area contributed by atoms with Crippen LogP contribution in [0.25, 0.3) is 0 Å². The molecule has 108 valence electrons. The molecule has 0 saturated carbocycles. The summed E-state index contributed by atoms with van der Waals surface area (Å²) in [6.07, 6.45) is 0. The van der Waals surface area contributed by atoms with E-state index in [4.69, 9.17) is 12.2 Å². The van der Waals surface area contributed by atoms with Crippen LogP contribution in [-0.2, 0) is 17.9 Å². The Labute approximate surface area is 135 Å². The van der Waals surface area contributed by atoms with Gasteiger partial charge in [-0.15, -0.1) is 0 Å². The number of benzene rings is 2. The molecule has 2 rings (SSSR count). The topological polar surface area (TPSA) is 20.3 Å². The molecule has 0 bridgehead atoms. The van der Waals surface area contributed by atoms with Crippen LogP contribution in [0.3, 0.4) is 0 Å². The lowest BCUT2D eigenvalue weighted by atomic mass is 10.2. The van der Waals surface area contributed by atoms with Crippen LogP contribution in [0, 0.1) is 0 Å². The smallest absolute Gasteiger partial charge is 0.192 e. The average Bonchev–Trinajstić information content (AvgIpc) is 2.48. The predicted octanol–water partition coefficient (Wildman–Crippen LogP) is 4.25.